The van der Waals surface area contributed by atoms with Crippen LogP contribution in [0.15, 0.2) is 0 Å². The van der Waals surface area contributed by atoms with Crippen LogP contribution < -0.4 is 9.86 Å². The smallest absolute Gasteiger partial charge is 0.421 e. The highest BCUT2D eigenvalue weighted by Crippen LogP contribution is 2.08. The predicted molar refractivity (Wildman–Crippen MR) is 65.3 cm³/mol. The van der Waals surface area contributed by atoms with E-state index in [1.54, 1.807) is 4.72 Å². The SMILES string of the molecule is CCOC(=O)NS(=O)(=O)N1CCN(S(N)(=O)=O)CC1. The van der Waals surface area contributed by atoms with E-state index in [1.165, 1.54) is 6.92 Å². The minimum absolute atomic E-state index is 0.0422. The molecule has 0 aliphatic carbocycles. The van der Waals surface area contributed by atoms with Crippen LogP contribution in [-0.4, -0.2) is 64.3 Å². The summed E-state index contributed by atoms with van der Waals surface area (Å²) in [6.45, 7) is 1.26. The Balaban J connectivity index is 2.62. The Morgan fingerprint density at radius 3 is 2.05 bits per heavy atom. The number of amides is 1. The summed E-state index contributed by atoms with van der Waals surface area (Å²) < 4.78 is 53.7. The Labute approximate surface area is 111 Å². The number of carbonyl (C=O) groups excluding carboxylic acids is 1. The first-order valence-electron chi connectivity index (χ1n) is 5.39. The van der Waals surface area contributed by atoms with Crippen molar-refractivity contribution in [2.75, 3.05) is 32.8 Å². The maximum Gasteiger partial charge on any atom is 0.421 e. The molecule has 0 bridgehead atoms. The molecular formula is C7H16N4O6S2. The second-order valence-electron chi connectivity index (χ2n) is 3.67. The minimum atomic E-state index is -4.03. The Bertz CT molecular complexity index is 522. The number of nitrogens with one attached hydrogen (secondary N) is 1. The Morgan fingerprint density at radius 1 is 1.16 bits per heavy atom. The molecule has 0 aromatic carbocycles. The number of ether oxygens (including phenoxy) is 1. The number of carbonyl (C=O) groups is 1. The third kappa shape index (κ3) is 4.58. The van der Waals surface area contributed by atoms with Gasteiger partial charge in [-0.25, -0.2) is 14.7 Å². The van der Waals surface area contributed by atoms with Gasteiger partial charge in [0.25, 0.3) is 10.2 Å². The number of piperazine rings is 1. The summed E-state index contributed by atoms with van der Waals surface area (Å²) in [5, 5.41) is 4.93. The van der Waals surface area contributed by atoms with Crippen molar-refractivity contribution in [3.05, 3.63) is 0 Å². The van der Waals surface area contributed by atoms with Crippen LogP contribution >= 0.6 is 0 Å². The maximum atomic E-state index is 11.7. The number of hydrogen-bond acceptors (Lipinski definition) is 6. The number of rotatable bonds is 4. The third-order valence-corrected chi connectivity index (χ3v) is 4.94. The van der Waals surface area contributed by atoms with Gasteiger partial charge in [-0.2, -0.15) is 25.4 Å². The molecule has 1 rings (SSSR count). The van der Waals surface area contributed by atoms with E-state index < -0.39 is 26.5 Å². The van der Waals surface area contributed by atoms with Crippen LogP contribution in [0.4, 0.5) is 4.79 Å². The molecular weight excluding hydrogens is 300 g/mol. The normalized spacial score (nSPS) is 19.1. The molecule has 1 saturated heterocycles. The molecule has 1 aliphatic rings. The lowest BCUT2D eigenvalue weighted by Crippen LogP contribution is -2.55. The quantitative estimate of drug-likeness (QED) is 0.603. The molecule has 10 nitrogen and oxygen atoms in total. The highest BCUT2D eigenvalue weighted by molar-refractivity contribution is 7.87. The molecule has 12 heteroatoms. The van der Waals surface area contributed by atoms with E-state index in [9.17, 15) is 21.6 Å². The van der Waals surface area contributed by atoms with Crippen LogP contribution in [-0.2, 0) is 25.2 Å². The van der Waals surface area contributed by atoms with Gasteiger partial charge in [0, 0.05) is 26.2 Å². The third-order valence-electron chi connectivity index (χ3n) is 2.39. The summed E-state index contributed by atoms with van der Waals surface area (Å²) in [7, 11) is -7.85. The largest absolute Gasteiger partial charge is 0.449 e. The second kappa shape index (κ2) is 6.00. The summed E-state index contributed by atoms with van der Waals surface area (Å²) in [6.07, 6.45) is -1.07. The van der Waals surface area contributed by atoms with Crippen LogP contribution in [0, 0.1) is 0 Å². The lowest BCUT2D eigenvalue weighted by atomic mass is 10.4. The average Bonchev–Trinajstić information content (AvgIpc) is 2.27. The molecule has 1 fully saturated rings. The van der Waals surface area contributed by atoms with Gasteiger partial charge in [0.2, 0.25) is 0 Å². The van der Waals surface area contributed by atoms with Gasteiger partial charge in [0.1, 0.15) is 0 Å². The Kier molecular flexibility index (Phi) is 5.09. The lowest BCUT2D eigenvalue weighted by molar-refractivity contribution is 0.157. The molecule has 0 atom stereocenters. The summed E-state index contributed by atoms with van der Waals surface area (Å²) in [6, 6.07) is 0. The molecule has 1 amide bonds. The van der Waals surface area contributed by atoms with Gasteiger partial charge in [-0.05, 0) is 6.92 Å². The van der Waals surface area contributed by atoms with Crippen molar-refractivity contribution in [1.29, 1.82) is 0 Å². The van der Waals surface area contributed by atoms with Gasteiger partial charge in [-0.1, -0.05) is 0 Å². The molecule has 3 N–H and O–H groups in total. The standard InChI is InChI=1S/C7H16N4O6S2/c1-2-17-7(12)9-19(15,16)11-5-3-10(4-6-11)18(8,13)14/h2-6H2,1H3,(H,9,12)(H2,8,13,14). The van der Waals surface area contributed by atoms with Gasteiger partial charge >= 0.3 is 16.3 Å². The second-order valence-corrected chi connectivity index (χ2v) is 6.89. The molecule has 19 heavy (non-hydrogen) atoms. The van der Waals surface area contributed by atoms with Crippen molar-refractivity contribution in [3.8, 4) is 0 Å². The van der Waals surface area contributed by atoms with Crippen molar-refractivity contribution in [2.24, 2.45) is 5.14 Å². The fourth-order valence-electron chi connectivity index (χ4n) is 1.50. The zero-order valence-electron chi connectivity index (χ0n) is 10.3. The zero-order chi connectivity index (χ0) is 14.7. The molecule has 0 aromatic rings. The van der Waals surface area contributed by atoms with E-state index in [2.05, 4.69) is 4.74 Å². The van der Waals surface area contributed by atoms with E-state index in [-0.39, 0.29) is 32.8 Å². The van der Waals surface area contributed by atoms with Crippen molar-refractivity contribution < 1.29 is 26.4 Å². The van der Waals surface area contributed by atoms with E-state index in [1.807, 2.05) is 0 Å². The van der Waals surface area contributed by atoms with Crippen LogP contribution in [0.25, 0.3) is 0 Å². The summed E-state index contributed by atoms with van der Waals surface area (Å²) in [5.74, 6) is 0. The fraction of sp³-hybridized carbons (Fsp3) is 0.857. The Morgan fingerprint density at radius 2 is 1.63 bits per heavy atom. The van der Waals surface area contributed by atoms with E-state index in [0.717, 1.165) is 8.61 Å². The molecule has 0 saturated carbocycles. The monoisotopic (exact) mass is 316 g/mol. The summed E-state index contributed by atoms with van der Waals surface area (Å²) >= 11 is 0. The van der Waals surface area contributed by atoms with Gasteiger partial charge in [0.05, 0.1) is 6.61 Å². The molecule has 0 unspecified atom stereocenters. The van der Waals surface area contributed by atoms with Crippen LogP contribution in [0.3, 0.4) is 0 Å². The van der Waals surface area contributed by atoms with Crippen molar-refractivity contribution in [2.45, 2.75) is 6.92 Å². The van der Waals surface area contributed by atoms with Crippen LogP contribution in [0.1, 0.15) is 6.92 Å². The maximum absolute atomic E-state index is 11.7. The molecule has 112 valence electrons. The molecule has 0 spiro atoms. The Hall–Kier alpha value is -0.950. The highest BCUT2D eigenvalue weighted by atomic mass is 32.2. The van der Waals surface area contributed by atoms with Crippen LogP contribution in [0.5, 0.6) is 0 Å². The van der Waals surface area contributed by atoms with Gasteiger partial charge in [-0.15, -0.1) is 0 Å². The van der Waals surface area contributed by atoms with Crippen molar-refractivity contribution in [3.63, 3.8) is 0 Å². The van der Waals surface area contributed by atoms with Gasteiger partial charge in [-0.3, -0.25) is 0 Å². The number of nitrogens with zero attached hydrogens (tertiary/aromatic N) is 2. The first-order chi connectivity index (χ1) is 8.66. The minimum Gasteiger partial charge on any atom is -0.449 e. The fourth-order valence-corrected chi connectivity index (χ4v) is 3.21. The van der Waals surface area contributed by atoms with E-state index >= 15 is 0 Å². The number of hydrogen-bond donors (Lipinski definition) is 2. The van der Waals surface area contributed by atoms with Gasteiger partial charge < -0.3 is 4.74 Å². The molecule has 1 aliphatic heterocycles. The van der Waals surface area contributed by atoms with Crippen molar-refractivity contribution in [1.82, 2.24) is 13.3 Å². The zero-order valence-corrected chi connectivity index (χ0v) is 11.9. The van der Waals surface area contributed by atoms with E-state index in [0.29, 0.717) is 0 Å². The molecule has 0 radical (unpaired) electrons. The van der Waals surface area contributed by atoms with Gasteiger partial charge in [0.15, 0.2) is 0 Å². The van der Waals surface area contributed by atoms with Crippen molar-refractivity contribution >= 4 is 26.5 Å². The summed E-state index contributed by atoms with van der Waals surface area (Å²) in [5.41, 5.74) is 0. The first-order valence-corrected chi connectivity index (χ1v) is 8.33. The number of nitrogens with two attached hydrogens (primary N) is 1. The lowest BCUT2D eigenvalue weighted by Gasteiger charge is -2.31. The first kappa shape index (κ1) is 16.1. The summed E-state index contributed by atoms with van der Waals surface area (Å²) in [4.78, 5) is 11.1. The molecule has 0 aromatic heterocycles. The topological polar surface area (TPSA) is 139 Å². The predicted octanol–water partition coefficient (Wildman–Crippen LogP) is -2.20. The van der Waals surface area contributed by atoms with Crippen LogP contribution in [0.2, 0.25) is 0 Å². The molecule has 1 heterocycles. The average molecular weight is 316 g/mol. The van der Waals surface area contributed by atoms with E-state index in [4.69, 9.17) is 5.14 Å². The highest BCUT2D eigenvalue weighted by Gasteiger charge is 2.31.